The molecule has 3 heterocycles. The normalized spacial score (nSPS) is 19.6. The predicted octanol–water partition coefficient (Wildman–Crippen LogP) is 3.44. The van der Waals surface area contributed by atoms with Crippen molar-refractivity contribution in [1.29, 1.82) is 0 Å². The number of ether oxygens (including phenoxy) is 1. The smallest absolute Gasteiger partial charge is 0.255 e. The Labute approximate surface area is 176 Å². The Morgan fingerprint density at radius 3 is 2.43 bits per heavy atom. The highest BCUT2D eigenvalue weighted by Crippen LogP contribution is 2.16. The van der Waals surface area contributed by atoms with Crippen molar-refractivity contribution in [3.8, 4) is 5.82 Å². The van der Waals surface area contributed by atoms with E-state index in [0.717, 1.165) is 31.3 Å². The molecule has 7 nitrogen and oxygen atoms in total. The second-order valence-electron chi connectivity index (χ2n) is 7.85. The molecular weight excluding hydrogens is 378 g/mol. The summed E-state index contributed by atoms with van der Waals surface area (Å²) in [6.07, 6.45) is 5.74. The van der Waals surface area contributed by atoms with Gasteiger partial charge in [-0.3, -0.25) is 14.3 Å². The maximum absolute atomic E-state index is 12.6. The van der Waals surface area contributed by atoms with Crippen LogP contribution in [0.5, 0.6) is 0 Å². The van der Waals surface area contributed by atoms with Gasteiger partial charge in [0.05, 0.1) is 24.1 Å². The Hall–Kier alpha value is -3.03. The first-order chi connectivity index (χ1) is 14.5. The number of aromatic nitrogens is 3. The van der Waals surface area contributed by atoms with Crippen molar-refractivity contribution in [2.24, 2.45) is 0 Å². The summed E-state index contributed by atoms with van der Waals surface area (Å²) in [5.74, 6) is 1.47. The van der Waals surface area contributed by atoms with Crippen molar-refractivity contribution in [3.05, 3.63) is 71.9 Å². The number of amides is 1. The number of benzene rings is 1. The fourth-order valence-electron chi connectivity index (χ4n) is 3.86. The van der Waals surface area contributed by atoms with Gasteiger partial charge in [-0.2, -0.15) is 0 Å². The van der Waals surface area contributed by atoms with Crippen LogP contribution in [0.1, 0.15) is 35.6 Å². The van der Waals surface area contributed by atoms with Crippen LogP contribution in [-0.4, -0.2) is 50.6 Å². The van der Waals surface area contributed by atoms with Gasteiger partial charge in [0.2, 0.25) is 0 Å². The summed E-state index contributed by atoms with van der Waals surface area (Å²) in [6.45, 7) is 8.84. The molecule has 1 amide bonds. The van der Waals surface area contributed by atoms with Gasteiger partial charge >= 0.3 is 0 Å². The summed E-state index contributed by atoms with van der Waals surface area (Å²) in [7, 11) is 0. The third kappa shape index (κ3) is 4.75. The number of anilines is 1. The number of nitrogens with zero attached hydrogens (tertiary/aromatic N) is 4. The van der Waals surface area contributed by atoms with Gasteiger partial charge < -0.3 is 10.1 Å². The quantitative estimate of drug-likeness (QED) is 0.704. The van der Waals surface area contributed by atoms with E-state index < -0.39 is 0 Å². The average molecular weight is 406 g/mol. The first kappa shape index (κ1) is 20.3. The van der Waals surface area contributed by atoms with Crippen LogP contribution in [0.3, 0.4) is 0 Å². The van der Waals surface area contributed by atoms with Crippen LogP contribution in [0.15, 0.2) is 55.0 Å². The number of carbonyl (C=O) groups excluding carboxylic acids is 1. The minimum atomic E-state index is -0.150. The molecule has 7 heteroatoms. The fourth-order valence-corrected chi connectivity index (χ4v) is 3.86. The molecule has 0 bridgehead atoms. The molecule has 4 rings (SSSR count). The summed E-state index contributed by atoms with van der Waals surface area (Å²) >= 11 is 0. The fraction of sp³-hybridized carbons (Fsp3) is 0.348. The van der Waals surface area contributed by atoms with Crippen LogP contribution < -0.4 is 5.32 Å². The third-order valence-electron chi connectivity index (χ3n) is 5.20. The molecule has 0 saturated carbocycles. The maximum atomic E-state index is 12.6. The summed E-state index contributed by atoms with van der Waals surface area (Å²) in [5.41, 5.74) is 2.47. The van der Waals surface area contributed by atoms with Crippen LogP contribution in [0, 0.1) is 6.92 Å². The zero-order chi connectivity index (χ0) is 21.1. The highest BCUT2D eigenvalue weighted by atomic mass is 16.5. The van der Waals surface area contributed by atoms with Gasteiger partial charge in [-0.15, -0.1) is 0 Å². The number of nitrogens with one attached hydrogen (secondary N) is 1. The van der Waals surface area contributed by atoms with Crippen LogP contribution in [0.2, 0.25) is 0 Å². The van der Waals surface area contributed by atoms with Gasteiger partial charge in [0.15, 0.2) is 0 Å². The molecular formula is C23H27N5O2. The molecule has 0 unspecified atom stereocenters. The van der Waals surface area contributed by atoms with E-state index in [1.807, 2.05) is 54.1 Å². The molecule has 0 radical (unpaired) electrons. The van der Waals surface area contributed by atoms with Crippen LogP contribution in [-0.2, 0) is 11.3 Å². The Balaban J connectivity index is 1.36. The number of carbonyl (C=O) groups is 1. The maximum Gasteiger partial charge on any atom is 0.255 e. The number of hydrogen-bond acceptors (Lipinski definition) is 5. The number of aryl methyl sites for hydroxylation is 1. The monoisotopic (exact) mass is 405 g/mol. The van der Waals surface area contributed by atoms with E-state index in [9.17, 15) is 4.79 Å². The van der Waals surface area contributed by atoms with E-state index in [0.29, 0.717) is 11.3 Å². The van der Waals surface area contributed by atoms with Crippen molar-refractivity contribution >= 4 is 11.6 Å². The van der Waals surface area contributed by atoms with Crippen molar-refractivity contribution in [3.63, 3.8) is 0 Å². The van der Waals surface area contributed by atoms with Gasteiger partial charge in [-0.1, -0.05) is 12.1 Å². The molecule has 2 atom stereocenters. The van der Waals surface area contributed by atoms with Crippen molar-refractivity contribution < 1.29 is 9.53 Å². The lowest BCUT2D eigenvalue weighted by atomic mass is 10.1. The molecule has 156 valence electrons. The number of morpholine rings is 1. The third-order valence-corrected chi connectivity index (χ3v) is 5.20. The number of imidazole rings is 1. The number of rotatable bonds is 5. The molecule has 30 heavy (non-hydrogen) atoms. The lowest BCUT2D eigenvalue weighted by Gasteiger charge is -2.35. The minimum absolute atomic E-state index is 0.150. The van der Waals surface area contributed by atoms with Crippen molar-refractivity contribution in [2.75, 3.05) is 18.4 Å². The van der Waals surface area contributed by atoms with Gasteiger partial charge in [-0.05, 0) is 50.6 Å². The lowest BCUT2D eigenvalue weighted by Crippen LogP contribution is -2.44. The minimum Gasteiger partial charge on any atom is -0.373 e. The largest absolute Gasteiger partial charge is 0.373 e. The zero-order valence-electron chi connectivity index (χ0n) is 17.6. The molecule has 0 aliphatic carbocycles. The highest BCUT2D eigenvalue weighted by molar-refractivity contribution is 6.04. The summed E-state index contributed by atoms with van der Waals surface area (Å²) in [6, 6.07) is 11.5. The summed E-state index contributed by atoms with van der Waals surface area (Å²) in [4.78, 5) is 23.6. The van der Waals surface area contributed by atoms with Crippen LogP contribution in [0.4, 0.5) is 5.69 Å². The van der Waals surface area contributed by atoms with E-state index in [4.69, 9.17) is 4.74 Å². The molecule has 1 aliphatic heterocycles. The van der Waals surface area contributed by atoms with Crippen molar-refractivity contribution in [2.45, 2.75) is 39.5 Å². The van der Waals surface area contributed by atoms with Gasteiger partial charge in [0, 0.05) is 37.6 Å². The molecule has 3 aromatic rings. The van der Waals surface area contributed by atoms with Crippen molar-refractivity contribution in [1.82, 2.24) is 19.4 Å². The summed E-state index contributed by atoms with van der Waals surface area (Å²) in [5, 5.41) is 2.90. The SMILES string of the molecule is Cc1nccn1-c1ccc(NC(=O)c2ccc(CN3C[C@H](C)O[C@@H](C)C3)cc2)cn1. The first-order valence-electron chi connectivity index (χ1n) is 10.2. The zero-order valence-corrected chi connectivity index (χ0v) is 17.6. The van der Waals surface area contributed by atoms with E-state index in [1.54, 1.807) is 12.4 Å². The molecule has 1 aliphatic rings. The Morgan fingerprint density at radius 2 is 1.83 bits per heavy atom. The molecule has 1 saturated heterocycles. The van der Waals surface area contributed by atoms with Gasteiger partial charge in [-0.25, -0.2) is 9.97 Å². The van der Waals surface area contributed by atoms with Gasteiger partial charge in [0.1, 0.15) is 11.6 Å². The predicted molar refractivity (Wildman–Crippen MR) is 116 cm³/mol. The highest BCUT2D eigenvalue weighted by Gasteiger charge is 2.22. The first-order valence-corrected chi connectivity index (χ1v) is 10.2. The van der Waals surface area contributed by atoms with E-state index >= 15 is 0 Å². The Bertz CT molecular complexity index is 987. The molecule has 2 aromatic heterocycles. The molecule has 0 spiro atoms. The second kappa shape index (κ2) is 8.77. The van der Waals surface area contributed by atoms with E-state index in [2.05, 4.69) is 34.0 Å². The standard InChI is InChI=1S/C23H27N5O2/c1-16-13-27(14-17(2)30-16)15-19-4-6-20(7-5-19)23(29)26-21-8-9-22(25-12-21)28-11-10-24-18(28)3/h4-12,16-17H,13-15H2,1-3H3,(H,26,29)/t16-,17-/m0/s1. The van der Waals surface area contributed by atoms with Crippen LogP contribution >= 0.6 is 0 Å². The van der Waals surface area contributed by atoms with Gasteiger partial charge in [0.25, 0.3) is 5.91 Å². The number of hydrogen-bond donors (Lipinski definition) is 1. The topological polar surface area (TPSA) is 72.3 Å². The Morgan fingerprint density at radius 1 is 1.10 bits per heavy atom. The Kier molecular flexibility index (Phi) is 5.92. The average Bonchev–Trinajstić information content (AvgIpc) is 3.14. The molecule has 1 N–H and O–H groups in total. The summed E-state index contributed by atoms with van der Waals surface area (Å²) < 4.78 is 7.68. The second-order valence-corrected chi connectivity index (χ2v) is 7.85. The number of pyridine rings is 1. The molecule has 1 fully saturated rings. The van der Waals surface area contributed by atoms with E-state index in [1.165, 1.54) is 5.56 Å². The molecule has 1 aromatic carbocycles. The lowest BCUT2D eigenvalue weighted by molar-refractivity contribution is -0.0704. The van der Waals surface area contributed by atoms with E-state index in [-0.39, 0.29) is 18.1 Å². The van der Waals surface area contributed by atoms with Crippen LogP contribution in [0.25, 0.3) is 5.82 Å².